The monoisotopic (exact) mass is 334 g/mol. The van der Waals surface area contributed by atoms with Crippen molar-refractivity contribution >= 4 is 27.5 Å². The van der Waals surface area contributed by atoms with Crippen LogP contribution in [0, 0.1) is 6.92 Å². The molecule has 1 aliphatic rings. The number of benzene rings is 2. The minimum Gasteiger partial charge on any atom is -0.0840 e. The van der Waals surface area contributed by atoms with Gasteiger partial charge in [0.05, 0.1) is 4.83 Å². The van der Waals surface area contributed by atoms with Crippen LogP contribution in [-0.2, 0) is 12.8 Å². The number of fused-ring (bicyclic) bond motifs is 1. The second-order valence-corrected chi connectivity index (χ2v) is 6.58. The van der Waals surface area contributed by atoms with Crippen LogP contribution in [0.15, 0.2) is 36.4 Å². The van der Waals surface area contributed by atoms with E-state index in [1.807, 2.05) is 6.92 Å². The van der Waals surface area contributed by atoms with Gasteiger partial charge < -0.3 is 0 Å². The molecule has 0 bridgehead atoms. The van der Waals surface area contributed by atoms with E-state index in [1.54, 1.807) is 0 Å². The number of hydrogen-bond donors (Lipinski definition) is 0. The second-order valence-electron chi connectivity index (χ2n) is 5.25. The summed E-state index contributed by atoms with van der Waals surface area (Å²) in [6, 6.07) is 13.1. The van der Waals surface area contributed by atoms with Crippen LogP contribution < -0.4 is 0 Å². The fourth-order valence-corrected chi connectivity index (χ4v) is 3.47. The van der Waals surface area contributed by atoms with Crippen molar-refractivity contribution in [2.75, 3.05) is 0 Å². The Morgan fingerprint density at radius 3 is 2.47 bits per heavy atom. The first kappa shape index (κ1) is 13.2. The molecule has 2 aromatic rings. The lowest BCUT2D eigenvalue weighted by Gasteiger charge is -2.13. The van der Waals surface area contributed by atoms with Crippen LogP contribution in [0.1, 0.15) is 39.1 Å². The first-order chi connectivity index (χ1) is 9.15. The second kappa shape index (κ2) is 5.30. The summed E-state index contributed by atoms with van der Waals surface area (Å²) in [5, 5.41) is 0.836. The van der Waals surface area contributed by atoms with Gasteiger partial charge in [-0.15, -0.1) is 0 Å². The highest BCUT2D eigenvalue weighted by atomic mass is 79.9. The van der Waals surface area contributed by atoms with E-state index in [9.17, 15) is 0 Å². The summed E-state index contributed by atoms with van der Waals surface area (Å²) in [6.07, 6.45) is 3.75. The van der Waals surface area contributed by atoms with E-state index in [2.05, 4.69) is 52.3 Å². The van der Waals surface area contributed by atoms with E-state index in [4.69, 9.17) is 11.6 Å². The highest BCUT2D eigenvalue weighted by Crippen LogP contribution is 2.35. The maximum atomic E-state index is 6.22. The molecule has 2 heteroatoms. The zero-order valence-electron chi connectivity index (χ0n) is 10.9. The molecule has 1 aliphatic carbocycles. The fraction of sp³-hybridized carbons (Fsp3) is 0.294. The van der Waals surface area contributed by atoms with Gasteiger partial charge >= 0.3 is 0 Å². The molecular weight excluding hydrogens is 320 g/mol. The molecule has 2 aromatic carbocycles. The lowest BCUT2D eigenvalue weighted by atomic mass is 10.00. The molecule has 0 nitrogen and oxygen atoms in total. The van der Waals surface area contributed by atoms with Crippen LogP contribution in [0.3, 0.4) is 0 Å². The van der Waals surface area contributed by atoms with Gasteiger partial charge in [-0.1, -0.05) is 57.9 Å². The molecule has 3 rings (SSSR count). The molecule has 1 atom stereocenters. The van der Waals surface area contributed by atoms with Crippen molar-refractivity contribution in [1.29, 1.82) is 0 Å². The normalized spacial score (nSPS) is 15.3. The summed E-state index contributed by atoms with van der Waals surface area (Å²) in [7, 11) is 0. The van der Waals surface area contributed by atoms with Gasteiger partial charge in [0.2, 0.25) is 0 Å². The van der Waals surface area contributed by atoms with Crippen LogP contribution in [0.5, 0.6) is 0 Å². The van der Waals surface area contributed by atoms with E-state index in [-0.39, 0.29) is 4.83 Å². The van der Waals surface area contributed by atoms with Crippen molar-refractivity contribution in [2.45, 2.75) is 31.0 Å². The molecule has 0 heterocycles. The smallest absolute Gasteiger partial charge is 0.0645 e. The largest absolute Gasteiger partial charge is 0.0840 e. The van der Waals surface area contributed by atoms with Crippen molar-refractivity contribution in [3.8, 4) is 0 Å². The Balaban J connectivity index is 1.94. The van der Waals surface area contributed by atoms with Gasteiger partial charge in [-0.3, -0.25) is 0 Å². The van der Waals surface area contributed by atoms with E-state index >= 15 is 0 Å². The summed E-state index contributed by atoms with van der Waals surface area (Å²) in [4.78, 5) is 0.219. The number of aryl methyl sites for hydroxylation is 3. The van der Waals surface area contributed by atoms with Gasteiger partial charge in [0.25, 0.3) is 0 Å². The van der Waals surface area contributed by atoms with Gasteiger partial charge in [-0.2, -0.15) is 0 Å². The van der Waals surface area contributed by atoms with Crippen molar-refractivity contribution in [2.24, 2.45) is 0 Å². The summed E-state index contributed by atoms with van der Waals surface area (Å²) < 4.78 is 0. The Kier molecular flexibility index (Phi) is 3.68. The molecule has 0 fully saturated rings. The minimum absolute atomic E-state index is 0.219. The SMILES string of the molecule is Cc1ccc(C(Br)c2ccc3c(c2)CCC3)cc1Cl. The van der Waals surface area contributed by atoms with E-state index in [0.717, 1.165) is 10.6 Å². The quantitative estimate of drug-likeness (QED) is 0.625. The van der Waals surface area contributed by atoms with Crippen LogP contribution >= 0.6 is 27.5 Å². The number of halogens is 2. The highest BCUT2D eigenvalue weighted by Gasteiger charge is 2.16. The molecule has 0 saturated carbocycles. The lowest BCUT2D eigenvalue weighted by Crippen LogP contribution is -1.95. The van der Waals surface area contributed by atoms with Crippen LogP contribution in [0.2, 0.25) is 5.02 Å². The molecule has 0 radical (unpaired) electrons. The highest BCUT2D eigenvalue weighted by molar-refractivity contribution is 9.09. The Morgan fingerprint density at radius 1 is 1.00 bits per heavy atom. The van der Waals surface area contributed by atoms with E-state index < -0.39 is 0 Å². The average Bonchev–Trinajstić information content (AvgIpc) is 2.88. The van der Waals surface area contributed by atoms with Crippen molar-refractivity contribution in [3.63, 3.8) is 0 Å². The van der Waals surface area contributed by atoms with Crippen molar-refractivity contribution in [3.05, 3.63) is 69.2 Å². The topological polar surface area (TPSA) is 0 Å². The summed E-state index contributed by atoms with van der Waals surface area (Å²) >= 11 is 10.0. The molecule has 0 amide bonds. The zero-order valence-corrected chi connectivity index (χ0v) is 13.3. The standard InChI is InChI=1S/C17H16BrCl/c1-11-5-6-15(10-16(11)19)17(18)14-8-7-12-3-2-4-13(12)9-14/h5-10,17H,2-4H2,1H3. The summed E-state index contributed by atoms with van der Waals surface area (Å²) in [5.74, 6) is 0. The Morgan fingerprint density at radius 2 is 1.68 bits per heavy atom. The predicted octanol–water partition coefficient (Wildman–Crippen LogP) is 5.62. The Bertz CT molecular complexity index is 619. The Hall–Kier alpha value is -0.790. The third kappa shape index (κ3) is 2.59. The lowest BCUT2D eigenvalue weighted by molar-refractivity contribution is 0.911. The third-order valence-electron chi connectivity index (χ3n) is 3.90. The van der Waals surface area contributed by atoms with Crippen molar-refractivity contribution < 1.29 is 0 Å². The zero-order chi connectivity index (χ0) is 13.4. The van der Waals surface area contributed by atoms with Gasteiger partial charge in [0, 0.05) is 5.02 Å². The maximum Gasteiger partial charge on any atom is 0.0645 e. The van der Waals surface area contributed by atoms with Gasteiger partial charge in [-0.25, -0.2) is 0 Å². The maximum absolute atomic E-state index is 6.22. The summed E-state index contributed by atoms with van der Waals surface area (Å²) in [6.45, 7) is 2.03. The van der Waals surface area contributed by atoms with E-state index in [0.29, 0.717) is 0 Å². The average molecular weight is 336 g/mol. The fourth-order valence-electron chi connectivity index (χ4n) is 2.71. The van der Waals surface area contributed by atoms with Crippen LogP contribution in [0.4, 0.5) is 0 Å². The molecule has 0 saturated heterocycles. The third-order valence-corrected chi connectivity index (χ3v) is 5.37. The van der Waals surface area contributed by atoms with E-state index in [1.165, 1.54) is 41.5 Å². The van der Waals surface area contributed by atoms with Crippen LogP contribution in [0.25, 0.3) is 0 Å². The predicted molar refractivity (Wildman–Crippen MR) is 85.4 cm³/mol. The van der Waals surface area contributed by atoms with Gasteiger partial charge in [-0.05, 0) is 60.1 Å². The molecule has 19 heavy (non-hydrogen) atoms. The molecule has 0 aromatic heterocycles. The summed E-state index contributed by atoms with van der Waals surface area (Å²) in [5.41, 5.74) is 6.69. The number of hydrogen-bond acceptors (Lipinski definition) is 0. The molecule has 1 unspecified atom stereocenters. The minimum atomic E-state index is 0.219. The first-order valence-corrected chi connectivity index (χ1v) is 7.96. The first-order valence-electron chi connectivity index (χ1n) is 6.67. The van der Waals surface area contributed by atoms with Crippen molar-refractivity contribution in [1.82, 2.24) is 0 Å². The van der Waals surface area contributed by atoms with Gasteiger partial charge in [0.15, 0.2) is 0 Å². The molecular formula is C17H16BrCl. The Labute approximate surface area is 127 Å². The van der Waals surface area contributed by atoms with Gasteiger partial charge in [0.1, 0.15) is 0 Å². The number of rotatable bonds is 2. The number of alkyl halides is 1. The molecule has 98 valence electrons. The molecule has 0 aliphatic heterocycles. The molecule has 0 spiro atoms. The molecule has 0 N–H and O–H groups in total. The van der Waals surface area contributed by atoms with Crippen LogP contribution in [-0.4, -0.2) is 0 Å².